The first kappa shape index (κ1) is 29.9. The Morgan fingerprint density at radius 2 is 1.69 bits per heavy atom. The number of esters is 1. The maximum atomic E-state index is 14.5. The maximum Gasteiger partial charge on any atom is 0.372 e. The number of hydrogen-bond acceptors (Lipinski definition) is 7. The number of ether oxygens (including phenoxy) is 1. The van der Waals surface area contributed by atoms with Crippen molar-refractivity contribution in [1.29, 1.82) is 0 Å². The highest BCUT2D eigenvalue weighted by atomic mass is 35.5. The minimum Gasteiger partial charge on any atom is -0.460 e. The van der Waals surface area contributed by atoms with E-state index in [4.69, 9.17) is 25.4 Å². The molecule has 4 rings (SSSR count). The third-order valence-electron chi connectivity index (χ3n) is 8.32. The van der Waals surface area contributed by atoms with Gasteiger partial charge in [0.2, 0.25) is 0 Å². The molecule has 2 aromatic rings. The Bertz CT molecular complexity index is 1200. The summed E-state index contributed by atoms with van der Waals surface area (Å²) < 4.78 is 32.5. The van der Waals surface area contributed by atoms with Gasteiger partial charge in [0.05, 0.1) is 25.7 Å². The molecule has 1 heterocycles. The summed E-state index contributed by atoms with van der Waals surface area (Å²) in [4.78, 5) is 14.5. The Morgan fingerprint density at radius 1 is 1.05 bits per heavy atom. The van der Waals surface area contributed by atoms with Crippen LogP contribution in [0.25, 0.3) is 0 Å². The van der Waals surface area contributed by atoms with Gasteiger partial charge in [-0.3, -0.25) is 4.57 Å². The Labute approximate surface area is 237 Å². The third-order valence-corrected chi connectivity index (χ3v) is 11.2. The van der Waals surface area contributed by atoms with Gasteiger partial charge in [-0.1, -0.05) is 81.3 Å². The molecule has 1 aliphatic heterocycles. The van der Waals surface area contributed by atoms with E-state index in [2.05, 4.69) is 43.1 Å². The summed E-state index contributed by atoms with van der Waals surface area (Å²) in [6, 6.07) is 17.4. The molecule has 0 N–H and O–H groups in total. The molecule has 5 atom stereocenters. The maximum absolute atomic E-state index is 14.5. The molecule has 2 aliphatic rings. The number of hydrogen-bond donors (Lipinski definition) is 0. The number of azo groups is 1. The SMILES string of the molecule is CCOP(=O)(OCC)[C@]1(C(=O)O[C@@H]2C[C@H](C)CC[C@H]2C(C)(C)c2ccccc2)N=NC[C@H]1c1ccc(Cl)cc1. The van der Waals surface area contributed by atoms with Crippen LogP contribution < -0.4 is 0 Å². The highest BCUT2D eigenvalue weighted by molar-refractivity contribution is 7.56. The molecule has 1 aliphatic carbocycles. The fraction of sp³-hybridized carbons (Fsp3) is 0.567. The molecule has 0 radical (unpaired) electrons. The molecule has 1 saturated carbocycles. The van der Waals surface area contributed by atoms with Crippen molar-refractivity contribution in [3.05, 3.63) is 70.7 Å². The van der Waals surface area contributed by atoms with Gasteiger partial charge in [0, 0.05) is 10.9 Å². The summed E-state index contributed by atoms with van der Waals surface area (Å²) in [7, 11) is -4.16. The normalized spacial score (nSPS) is 27.4. The second-order valence-corrected chi connectivity index (χ2v) is 13.8. The minimum absolute atomic E-state index is 0.0583. The quantitative estimate of drug-likeness (QED) is 0.211. The van der Waals surface area contributed by atoms with Gasteiger partial charge in [0.1, 0.15) is 6.10 Å². The number of carbonyl (C=O) groups excluding carboxylic acids is 1. The van der Waals surface area contributed by atoms with Crippen LogP contribution in [0.5, 0.6) is 0 Å². The predicted molar refractivity (Wildman–Crippen MR) is 153 cm³/mol. The van der Waals surface area contributed by atoms with Crippen molar-refractivity contribution < 1.29 is 23.1 Å². The number of nitrogens with zero attached hydrogens (tertiary/aromatic N) is 2. The van der Waals surface area contributed by atoms with Gasteiger partial charge in [-0.25, -0.2) is 4.79 Å². The molecule has 0 aromatic heterocycles. The fourth-order valence-corrected chi connectivity index (χ4v) is 8.50. The van der Waals surface area contributed by atoms with E-state index < -0.39 is 30.9 Å². The zero-order chi connectivity index (χ0) is 28.3. The second-order valence-electron chi connectivity index (χ2n) is 11.1. The van der Waals surface area contributed by atoms with Gasteiger partial charge in [0.15, 0.2) is 0 Å². The van der Waals surface area contributed by atoms with E-state index >= 15 is 0 Å². The van der Waals surface area contributed by atoms with Crippen molar-refractivity contribution in [2.24, 2.45) is 22.1 Å². The number of carbonyl (C=O) groups is 1. The largest absolute Gasteiger partial charge is 0.460 e. The van der Waals surface area contributed by atoms with E-state index in [0.29, 0.717) is 17.4 Å². The van der Waals surface area contributed by atoms with Crippen LogP contribution in [0.1, 0.15) is 70.9 Å². The lowest BCUT2D eigenvalue weighted by molar-refractivity contribution is -0.161. The van der Waals surface area contributed by atoms with Crippen LogP contribution >= 0.6 is 19.2 Å². The van der Waals surface area contributed by atoms with Crippen LogP contribution in [-0.4, -0.2) is 37.1 Å². The highest BCUT2D eigenvalue weighted by Crippen LogP contribution is 2.68. The van der Waals surface area contributed by atoms with Gasteiger partial charge in [-0.15, -0.1) is 0 Å². The van der Waals surface area contributed by atoms with Gasteiger partial charge in [0.25, 0.3) is 5.28 Å². The molecule has 0 saturated heterocycles. The van der Waals surface area contributed by atoms with Crippen molar-refractivity contribution in [1.82, 2.24) is 0 Å². The van der Waals surface area contributed by atoms with E-state index in [-0.39, 0.29) is 31.1 Å². The van der Waals surface area contributed by atoms with Crippen molar-refractivity contribution in [2.45, 2.75) is 76.6 Å². The molecule has 0 bridgehead atoms. The van der Waals surface area contributed by atoms with Gasteiger partial charge in [-0.2, -0.15) is 10.2 Å². The van der Waals surface area contributed by atoms with Crippen molar-refractivity contribution in [3.8, 4) is 0 Å². The summed E-state index contributed by atoms with van der Waals surface area (Å²) in [5.74, 6) is -0.956. The van der Waals surface area contributed by atoms with E-state index in [1.54, 1.807) is 38.1 Å². The van der Waals surface area contributed by atoms with Crippen LogP contribution in [0.4, 0.5) is 0 Å². The lowest BCUT2D eigenvalue weighted by atomic mass is 9.64. The Morgan fingerprint density at radius 3 is 2.31 bits per heavy atom. The van der Waals surface area contributed by atoms with Crippen LogP contribution in [0, 0.1) is 11.8 Å². The minimum atomic E-state index is -4.16. The molecule has 0 amide bonds. The molecule has 0 unspecified atom stereocenters. The van der Waals surface area contributed by atoms with Gasteiger partial charge < -0.3 is 13.8 Å². The van der Waals surface area contributed by atoms with Crippen LogP contribution in [0.2, 0.25) is 5.02 Å². The number of rotatable bonds is 10. The third kappa shape index (κ3) is 5.74. The Kier molecular flexibility index (Phi) is 9.37. The predicted octanol–water partition coefficient (Wildman–Crippen LogP) is 8.18. The molecular formula is C30H40ClN2O5P. The first-order valence-corrected chi connectivity index (χ1v) is 15.8. The molecule has 0 spiro atoms. The standard InChI is InChI=1S/C30H40ClN2O5P/c1-6-36-39(35,37-7-2)30(26(20-32-33-30)22-14-16-24(31)17-15-22)28(34)38-27-19-21(3)13-18-25(27)29(4,5)23-11-9-8-10-12-23/h8-12,14-17,21,25-27H,6-7,13,18-20H2,1-5H3/t21-,25-,26+,27-,30-/m1/s1. The van der Waals surface area contributed by atoms with Crippen molar-refractivity contribution in [3.63, 3.8) is 0 Å². The summed E-state index contributed by atoms with van der Waals surface area (Å²) in [6.07, 6.45) is 2.26. The van der Waals surface area contributed by atoms with Crippen molar-refractivity contribution >= 4 is 25.2 Å². The molecule has 39 heavy (non-hydrogen) atoms. The van der Waals surface area contributed by atoms with Gasteiger partial charge in [-0.05, 0) is 61.3 Å². The first-order valence-electron chi connectivity index (χ1n) is 13.9. The molecule has 7 nitrogen and oxygen atoms in total. The molecule has 2 aromatic carbocycles. The lowest BCUT2D eigenvalue weighted by Gasteiger charge is -2.45. The van der Waals surface area contributed by atoms with E-state index in [9.17, 15) is 9.36 Å². The summed E-state index contributed by atoms with van der Waals surface area (Å²) in [6.45, 7) is 10.3. The monoisotopic (exact) mass is 574 g/mol. The zero-order valence-electron chi connectivity index (χ0n) is 23.5. The fourth-order valence-electron chi connectivity index (χ4n) is 6.17. The molecule has 9 heteroatoms. The van der Waals surface area contributed by atoms with Crippen LogP contribution in [-0.2, 0) is 28.6 Å². The Balaban J connectivity index is 1.76. The van der Waals surface area contributed by atoms with Crippen LogP contribution in [0.15, 0.2) is 64.8 Å². The highest BCUT2D eigenvalue weighted by Gasteiger charge is 2.67. The average molecular weight is 575 g/mol. The second kappa shape index (κ2) is 12.2. The van der Waals surface area contributed by atoms with Crippen molar-refractivity contribution in [2.75, 3.05) is 19.8 Å². The van der Waals surface area contributed by atoms with E-state index in [0.717, 1.165) is 18.4 Å². The van der Waals surface area contributed by atoms with Crippen LogP contribution in [0.3, 0.4) is 0 Å². The molecule has 212 valence electrons. The van der Waals surface area contributed by atoms with E-state index in [1.807, 2.05) is 18.2 Å². The Hall–Kier alpha value is -2.05. The molecular weight excluding hydrogens is 535 g/mol. The first-order chi connectivity index (χ1) is 18.6. The van der Waals surface area contributed by atoms with E-state index in [1.165, 1.54) is 5.56 Å². The molecule has 1 fully saturated rings. The number of halogens is 1. The number of benzene rings is 2. The smallest absolute Gasteiger partial charge is 0.372 e. The summed E-state index contributed by atoms with van der Waals surface area (Å²) in [5, 5.41) is 7.25. The summed E-state index contributed by atoms with van der Waals surface area (Å²) in [5.41, 5.74) is 1.66. The average Bonchev–Trinajstić information content (AvgIpc) is 3.37. The topological polar surface area (TPSA) is 86.5 Å². The summed E-state index contributed by atoms with van der Waals surface area (Å²) >= 11 is 6.15. The lowest BCUT2D eigenvalue weighted by Crippen LogP contribution is -2.49. The zero-order valence-corrected chi connectivity index (χ0v) is 25.2. The van der Waals surface area contributed by atoms with Gasteiger partial charge >= 0.3 is 13.6 Å².